The zero-order valence-corrected chi connectivity index (χ0v) is 8.42. The van der Waals surface area contributed by atoms with Crippen molar-refractivity contribution in [3.8, 4) is 0 Å². The third kappa shape index (κ3) is 3.35. The number of aliphatic carboxylic acids is 1. The summed E-state index contributed by atoms with van der Waals surface area (Å²) in [6, 6.07) is 0.132. The van der Waals surface area contributed by atoms with E-state index in [1.807, 2.05) is 0 Å². The van der Waals surface area contributed by atoms with Crippen molar-refractivity contribution in [1.82, 2.24) is 5.32 Å². The van der Waals surface area contributed by atoms with Crippen molar-refractivity contribution >= 4 is 5.97 Å². The van der Waals surface area contributed by atoms with E-state index in [2.05, 4.69) is 19.2 Å². The molecule has 3 atom stereocenters. The van der Waals surface area contributed by atoms with Crippen molar-refractivity contribution in [2.45, 2.75) is 51.6 Å². The number of hydrogen-bond donors (Lipinski definition) is 2. The molecule has 1 saturated carbocycles. The Morgan fingerprint density at radius 2 is 2.31 bits per heavy atom. The molecule has 0 aliphatic heterocycles. The Morgan fingerprint density at radius 3 is 2.69 bits per heavy atom. The lowest BCUT2D eigenvalue weighted by Gasteiger charge is -2.13. The molecular weight excluding hydrogens is 166 g/mol. The van der Waals surface area contributed by atoms with Gasteiger partial charge in [0.05, 0.1) is 0 Å². The molecule has 2 N–H and O–H groups in total. The van der Waals surface area contributed by atoms with Gasteiger partial charge >= 0.3 is 5.97 Å². The first-order valence-electron chi connectivity index (χ1n) is 5.14. The Kier molecular flexibility index (Phi) is 3.72. The molecule has 0 bridgehead atoms. The molecule has 0 radical (unpaired) electrons. The summed E-state index contributed by atoms with van der Waals surface area (Å²) in [5.74, 6) is -0.0315. The average molecular weight is 185 g/mol. The van der Waals surface area contributed by atoms with Crippen LogP contribution in [0.15, 0.2) is 0 Å². The quantitative estimate of drug-likeness (QED) is 0.661. The van der Waals surface area contributed by atoms with Crippen molar-refractivity contribution in [2.75, 3.05) is 0 Å². The van der Waals surface area contributed by atoms with Gasteiger partial charge in [-0.25, -0.2) is 0 Å². The number of carboxylic acids is 1. The fraction of sp³-hybridized carbons (Fsp3) is 0.900. The van der Waals surface area contributed by atoms with Crippen LogP contribution in [0.4, 0.5) is 0 Å². The molecule has 1 rings (SSSR count). The molecule has 1 fully saturated rings. The van der Waals surface area contributed by atoms with Crippen molar-refractivity contribution in [3.05, 3.63) is 0 Å². The first kappa shape index (κ1) is 10.5. The maximum absolute atomic E-state index is 10.8. The number of nitrogens with one attached hydrogen (secondary N) is 1. The molecule has 13 heavy (non-hydrogen) atoms. The summed E-state index contributed by atoms with van der Waals surface area (Å²) in [4.78, 5) is 10.8. The summed E-state index contributed by atoms with van der Waals surface area (Å²) in [7, 11) is 0. The van der Waals surface area contributed by atoms with Crippen molar-refractivity contribution < 1.29 is 9.90 Å². The first-order chi connectivity index (χ1) is 6.15. The Labute approximate surface area is 79.5 Å². The lowest BCUT2D eigenvalue weighted by Crippen LogP contribution is -2.38. The standard InChI is InChI=1S/C10H19NO2/c1-3-4-5-8(10(12)13)11-9-6-7(9)2/h7-9,11H,3-6H2,1-2H3,(H,12,13). The molecule has 0 aromatic heterocycles. The molecule has 3 unspecified atom stereocenters. The van der Waals surface area contributed by atoms with Crippen LogP contribution in [0, 0.1) is 5.92 Å². The molecule has 3 nitrogen and oxygen atoms in total. The van der Waals surface area contributed by atoms with Crippen LogP contribution in [0.2, 0.25) is 0 Å². The van der Waals surface area contributed by atoms with E-state index in [4.69, 9.17) is 5.11 Å². The normalized spacial score (nSPS) is 28.5. The van der Waals surface area contributed by atoms with Gasteiger partial charge in [0.2, 0.25) is 0 Å². The molecule has 0 aromatic carbocycles. The first-order valence-corrected chi connectivity index (χ1v) is 5.14. The number of carbonyl (C=O) groups is 1. The zero-order valence-electron chi connectivity index (χ0n) is 8.42. The van der Waals surface area contributed by atoms with Crippen LogP contribution in [-0.4, -0.2) is 23.2 Å². The fourth-order valence-corrected chi connectivity index (χ4v) is 1.50. The van der Waals surface area contributed by atoms with E-state index in [0.29, 0.717) is 12.0 Å². The topological polar surface area (TPSA) is 49.3 Å². The minimum atomic E-state index is -0.701. The number of rotatable bonds is 6. The second-order valence-electron chi connectivity index (χ2n) is 4.02. The van der Waals surface area contributed by atoms with Gasteiger partial charge < -0.3 is 10.4 Å². The highest BCUT2D eigenvalue weighted by Crippen LogP contribution is 2.29. The Bertz CT molecular complexity index is 182. The van der Waals surface area contributed by atoms with Gasteiger partial charge in [0, 0.05) is 6.04 Å². The van der Waals surface area contributed by atoms with Gasteiger partial charge in [-0.05, 0) is 18.8 Å². The highest BCUT2D eigenvalue weighted by atomic mass is 16.4. The molecule has 3 heteroatoms. The summed E-state index contributed by atoms with van der Waals surface area (Å²) >= 11 is 0. The average Bonchev–Trinajstić information content (AvgIpc) is 2.75. The van der Waals surface area contributed by atoms with Crippen LogP contribution < -0.4 is 5.32 Å². The Hall–Kier alpha value is -0.570. The van der Waals surface area contributed by atoms with Gasteiger partial charge in [-0.3, -0.25) is 4.79 Å². The summed E-state index contributed by atoms with van der Waals surface area (Å²) < 4.78 is 0. The van der Waals surface area contributed by atoms with E-state index in [1.165, 1.54) is 0 Å². The van der Waals surface area contributed by atoms with E-state index < -0.39 is 5.97 Å². The maximum atomic E-state index is 10.8. The Morgan fingerprint density at radius 1 is 1.69 bits per heavy atom. The van der Waals surface area contributed by atoms with Crippen LogP contribution in [0.25, 0.3) is 0 Å². The monoisotopic (exact) mass is 185 g/mol. The van der Waals surface area contributed by atoms with Crippen molar-refractivity contribution in [3.63, 3.8) is 0 Å². The molecule has 1 aliphatic rings. The van der Waals surface area contributed by atoms with E-state index in [-0.39, 0.29) is 6.04 Å². The van der Waals surface area contributed by atoms with E-state index >= 15 is 0 Å². The fourth-order valence-electron chi connectivity index (χ4n) is 1.50. The predicted molar refractivity (Wildman–Crippen MR) is 51.7 cm³/mol. The SMILES string of the molecule is CCCCC(NC1CC1C)C(=O)O. The lowest BCUT2D eigenvalue weighted by molar-refractivity contribution is -0.139. The maximum Gasteiger partial charge on any atom is 0.320 e. The summed E-state index contributed by atoms with van der Waals surface area (Å²) in [5.41, 5.74) is 0. The molecule has 0 heterocycles. The van der Waals surface area contributed by atoms with Crippen LogP contribution in [0.3, 0.4) is 0 Å². The van der Waals surface area contributed by atoms with Gasteiger partial charge in [0.1, 0.15) is 6.04 Å². The molecule has 0 aromatic rings. The third-order valence-corrected chi connectivity index (χ3v) is 2.67. The number of hydrogen-bond acceptors (Lipinski definition) is 2. The lowest BCUT2D eigenvalue weighted by atomic mass is 10.1. The summed E-state index contributed by atoms with van der Waals surface area (Å²) in [6.07, 6.45) is 3.95. The highest BCUT2D eigenvalue weighted by molar-refractivity contribution is 5.73. The summed E-state index contributed by atoms with van der Waals surface area (Å²) in [5, 5.41) is 12.1. The largest absolute Gasteiger partial charge is 0.480 e. The molecule has 1 aliphatic carbocycles. The molecule has 76 valence electrons. The van der Waals surface area contributed by atoms with Crippen molar-refractivity contribution in [2.24, 2.45) is 5.92 Å². The van der Waals surface area contributed by atoms with Crippen LogP contribution >= 0.6 is 0 Å². The van der Waals surface area contributed by atoms with E-state index in [1.54, 1.807) is 0 Å². The smallest absolute Gasteiger partial charge is 0.320 e. The molecule has 0 spiro atoms. The third-order valence-electron chi connectivity index (χ3n) is 2.67. The molecule has 0 amide bonds. The van der Waals surface area contributed by atoms with Crippen molar-refractivity contribution in [1.29, 1.82) is 0 Å². The van der Waals surface area contributed by atoms with Crippen LogP contribution in [0.1, 0.15) is 39.5 Å². The van der Waals surface area contributed by atoms with Crippen LogP contribution in [0.5, 0.6) is 0 Å². The van der Waals surface area contributed by atoms with Gasteiger partial charge in [0.15, 0.2) is 0 Å². The van der Waals surface area contributed by atoms with Gasteiger partial charge in [-0.15, -0.1) is 0 Å². The van der Waals surface area contributed by atoms with Gasteiger partial charge in [-0.2, -0.15) is 0 Å². The second-order valence-corrected chi connectivity index (χ2v) is 4.02. The minimum Gasteiger partial charge on any atom is -0.480 e. The summed E-state index contributed by atoms with van der Waals surface area (Å²) in [6.45, 7) is 4.23. The van der Waals surface area contributed by atoms with Crippen LogP contribution in [-0.2, 0) is 4.79 Å². The predicted octanol–water partition coefficient (Wildman–Crippen LogP) is 1.63. The highest BCUT2D eigenvalue weighted by Gasteiger charge is 2.35. The Balaban J connectivity index is 2.25. The van der Waals surface area contributed by atoms with E-state index in [9.17, 15) is 4.79 Å². The van der Waals surface area contributed by atoms with Gasteiger partial charge in [0.25, 0.3) is 0 Å². The van der Waals surface area contributed by atoms with Gasteiger partial charge in [-0.1, -0.05) is 26.7 Å². The minimum absolute atomic E-state index is 0.324. The molecule has 0 saturated heterocycles. The molecular formula is C10H19NO2. The van der Waals surface area contributed by atoms with E-state index in [0.717, 1.165) is 25.7 Å². The number of carboxylic acid groups (broad SMARTS) is 1. The second kappa shape index (κ2) is 4.61. The zero-order chi connectivity index (χ0) is 9.84. The number of unbranched alkanes of at least 4 members (excludes halogenated alkanes) is 1.